The number of hydrogen-bond acceptors (Lipinski definition) is 4. The summed E-state index contributed by atoms with van der Waals surface area (Å²) >= 11 is 0. The summed E-state index contributed by atoms with van der Waals surface area (Å²) in [4.78, 5) is 24.4. The fourth-order valence-electron chi connectivity index (χ4n) is 2.84. The highest BCUT2D eigenvalue weighted by Crippen LogP contribution is 2.30. The number of carbonyl (C=O) groups excluding carboxylic acids is 2. The van der Waals surface area contributed by atoms with Crippen molar-refractivity contribution < 1.29 is 19.1 Å². The third kappa shape index (κ3) is 4.47. The number of carbonyl (C=O) groups is 2. The van der Waals surface area contributed by atoms with Gasteiger partial charge in [0.2, 0.25) is 0 Å². The largest absolute Gasteiger partial charge is 0.459 e. The predicted octanol–water partition coefficient (Wildman–Crippen LogP) is 4.06. The van der Waals surface area contributed by atoms with Crippen molar-refractivity contribution in [2.24, 2.45) is 0 Å². The molecular weight excluding hydrogens is 344 g/mol. The van der Waals surface area contributed by atoms with Gasteiger partial charge in [-0.15, -0.1) is 0 Å². The molecular formula is C21H22N2O4. The van der Waals surface area contributed by atoms with Crippen LogP contribution in [0, 0.1) is 0 Å². The first-order chi connectivity index (χ1) is 12.9. The van der Waals surface area contributed by atoms with E-state index in [0.717, 1.165) is 11.3 Å². The van der Waals surface area contributed by atoms with Crippen LogP contribution in [-0.2, 0) is 9.53 Å². The summed E-state index contributed by atoms with van der Waals surface area (Å²) in [5.74, 6) is 0.944. The average Bonchev–Trinajstić information content (AvgIpc) is 2.62. The molecule has 2 aromatic rings. The Morgan fingerprint density at radius 3 is 2.26 bits per heavy atom. The van der Waals surface area contributed by atoms with E-state index in [0.29, 0.717) is 17.0 Å². The minimum absolute atomic E-state index is 0.252. The highest BCUT2D eigenvalue weighted by molar-refractivity contribution is 5.95. The van der Waals surface area contributed by atoms with Crippen LogP contribution in [0.15, 0.2) is 65.9 Å². The predicted molar refractivity (Wildman–Crippen MR) is 101 cm³/mol. The van der Waals surface area contributed by atoms with Gasteiger partial charge in [0, 0.05) is 5.70 Å². The van der Waals surface area contributed by atoms with Crippen molar-refractivity contribution >= 4 is 12.0 Å². The molecule has 0 bridgehead atoms. The number of hydrogen-bond donors (Lipinski definition) is 2. The van der Waals surface area contributed by atoms with Crippen molar-refractivity contribution in [2.75, 3.05) is 0 Å². The Hall–Kier alpha value is -3.28. The lowest BCUT2D eigenvalue weighted by Crippen LogP contribution is -2.45. The smallest absolute Gasteiger partial charge is 0.338 e. The maximum absolute atomic E-state index is 12.5. The van der Waals surface area contributed by atoms with Crippen molar-refractivity contribution in [3.05, 3.63) is 71.4 Å². The van der Waals surface area contributed by atoms with Gasteiger partial charge in [-0.25, -0.2) is 9.59 Å². The van der Waals surface area contributed by atoms with Crippen LogP contribution in [0.3, 0.4) is 0 Å². The molecule has 0 aromatic heterocycles. The molecule has 1 aliphatic rings. The zero-order valence-corrected chi connectivity index (χ0v) is 15.5. The molecule has 1 heterocycles. The molecule has 0 saturated heterocycles. The van der Waals surface area contributed by atoms with E-state index in [1.165, 1.54) is 0 Å². The first kappa shape index (κ1) is 18.5. The van der Waals surface area contributed by atoms with Crippen molar-refractivity contribution in [3.8, 4) is 11.5 Å². The van der Waals surface area contributed by atoms with E-state index in [4.69, 9.17) is 9.47 Å². The summed E-state index contributed by atoms with van der Waals surface area (Å²) in [6.07, 6.45) is -0.252. The molecule has 1 aliphatic heterocycles. The molecule has 0 spiro atoms. The van der Waals surface area contributed by atoms with Gasteiger partial charge in [0.25, 0.3) is 0 Å². The highest BCUT2D eigenvalue weighted by atomic mass is 16.5. The maximum atomic E-state index is 12.5. The Labute approximate surface area is 158 Å². The molecule has 6 heteroatoms. The molecule has 2 amide bonds. The van der Waals surface area contributed by atoms with Gasteiger partial charge >= 0.3 is 12.0 Å². The maximum Gasteiger partial charge on any atom is 0.338 e. The summed E-state index contributed by atoms with van der Waals surface area (Å²) in [5.41, 5.74) is 1.64. The van der Waals surface area contributed by atoms with E-state index in [1.807, 2.05) is 42.5 Å². The van der Waals surface area contributed by atoms with Crippen molar-refractivity contribution in [2.45, 2.75) is 32.9 Å². The zero-order chi connectivity index (χ0) is 19.4. The van der Waals surface area contributed by atoms with Gasteiger partial charge in [0.15, 0.2) is 0 Å². The van der Waals surface area contributed by atoms with E-state index in [-0.39, 0.29) is 12.1 Å². The van der Waals surface area contributed by atoms with Crippen LogP contribution in [0.4, 0.5) is 4.79 Å². The lowest BCUT2D eigenvalue weighted by atomic mass is 9.95. The number of nitrogens with one attached hydrogen (secondary N) is 2. The molecule has 6 nitrogen and oxygen atoms in total. The van der Waals surface area contributed by atoms with Crippen molar-refractivity contribution in [3.63, 3.8) is 0 Å². The third-order valence-corrected chi connectivity index (χ3v) is 4.02. The minimum Gasteiger partial charge on any atom is -0.459 e. The molecule has 0 radical (unpaired) electrons. The number of para-hydroxylation sites is 1. The second-order valence-electron chi connectivity index (χ2n) is 6.51. The molecule has 1 atom stereocenters. The highest BCUT2D eigenvalue weighted by Gasteiger charge is 2.32. The zero-order valence-electron chi connectivity index (χ0n) is 15.5. The summed E-state index contributed by atoms with van der Waals surface area (Å²) in [7, 11) is 0. The SMILES string of the molecule is CC1=C(C(=O)OC(C)C)[C@H](c2ccc(Oc3ccccc3)cc2)NC(=O)N1. The fraction of sp³-hybridized carbons (Fsp3) is 0.238. The number of esters is 1. The topological polar surface area (TPSA) is 76.7 Å². The molecule has 2 N–H and O–H groups in total. The Balaban J connectivity index is 1.85. The summed E-state index contributed by atoms with van der Waals surface area (Å²) < 4.78 is 11.1. The van der Waals surface area contributed by atoms with Crippen LogP contribution in [-0.4, -0.2) is 18.1 Å². The quantitative estimate of drug-likeness (QED) is 0.783. The fourth-order valence-corrected chi connectivity index (χ4v) is 2.84. The van der Waals surface area contributed by atoms with Gasteiger partial charge < -0.3 is 20.1 Å². The molecule has 0 saturated carbocycles. The number of amides is 2. The lowest BCUT2D eigenvalue weighted by Gasteiger charge is -2.28. The number of urea groups is 1. The average molecular weight is 366 g/mol. The van der Waals surface area contributed by atoms with Crippen LogP contribution in [0.1, 0.15) is 32.4 Å². The van der Waals surface area contributed by atoms with Gasteiger partial charge in [-0.1, -0.05) is 30.3 Å². The molecule has 0 aliphatic carbocycles. The number of allylic oxidation sites excluding steroid dienone is 1. The van der Waals surface area contributed by atoms with E-state index < -0.39 is 12.0 Å². The Kier molecular flexibility index (Phi) is 5.45. The van der Waals surface area contributed by atoms with E-state index >= 15 is 0 Å². The molecule has 0 fully saturated rings. The van der Waals surface area contributed by atoms with Crippen molar-refractivity contribution in [1.82, 2.24) is 10.6 Å². The first-order valence-corrected chi connectivity index (χ1v) is 8.76. The monoisotopic (exact) mass is 366 g/mol. The van der Waals surface area contributed by atoms with Crippen LogP contribution >= 0.6 is 0 Å². The Morgan fingerprint density at radius 2 is 1.63 bits per heavy atom. The number of benzene rings is 2. The Bertz CT molecular complexity index is 858. The van der Waals surface area contributed by atoms with Crippen LogP contribution in [0.25, 0.3) is 0 Å². The standard InChI is InChI=1S/C21H22N2O4/c1-13(2)26-20(24)18-14(3)22-21(25)23-19(18)15-9-11-17(12-10-15)27-16-7-5-4-6-8-16/h4-13,19H,1-3H3,(H2,22,23,25)/t19-/m0/s1. The van der Waals surface area contributed by atoms with Gasteiger partial charge in [-0.3, -0.25) is 0 Å². The van der Waals surface area contributed by atoms with Gasteiger partial charge in [0.05, 0.1) is 17.7 Å². The van der Waals surface area contributed by atoms with E-state index in [9.17, 15) is 9.59 Å². The van der Waals surface area contributed by atoms with Gasteiger partial charge in [-0.2, -0.15) is 0 Å². The van der Waals surface area contributed by atoms with E-state index in [1.54, 1.807) is 32.9 Å². The van der Waals surface area contributed by atoms with E-state index in [2.05, 4.69) is 10.6 Å². The summed E-state index contributed by atoms with van der Waals surface area (Å²) in [6, 6.07) is 15.8. The third-order valence-electron chi connectivity index (χ3n) is 4.02. The van der Waals surface area contributed by atoms with Crippen LogP contribution in [0.2, 0.25) is 0 Å². The number of ether oxygens (including phenoxy) is 2. The first-order valence-electron chi connectivity index (χ1n) is 8.76. The van der Waals surface area contributed by atoms with Crippen LogP contribution in [0.5, 0.6) is 11.5 Å². The molecule has 3 rings (SSSR count). The van der Waals surface area contributed by atoms with Gasteiger partial charge in [-0.05, 0) is 50.6 Å². The molecule has 2 aromatic carbocycles. The van der Waals surface area contributed by atoms with Crippen LogP contribution < -0.4 is 15.4 Å². The Morgan fingerprint density at radius 1 is 1.00 bits per heavy atom. The molecule has 140 valence electrons. The van der Waals surface area contributed by atoms with Crippen molar-refractivity contribution in [1.29, 1.82) is 0 Å². The van der Waals surface area contributed by atoms with Gasteiger partial charge in [0.1, 0.15) is 11.5 Å². The summed E-state index contributed by atoms with van der Waals surface area (Å²) in [5, 5.41) is 5.42. The lowest BCUT2D eigenvalue weighted by molar-refractivity contribution is -0.143. The molecule has 27 heavy (non-hydrogen) atoms. The molecule has 0 unspecified atom stereocenters. The normalized spacial score (nSPS) is 16.6. The second kappa shape index (κ2) is 7.95. The minimum atomic E-state index is -0.587. The second-order valence-corrected chi connectivity index (χ2v) is 6.51. The number of rotatable bonds is 5. The summed E-state index contributed by atoms with van der Waals surface area (Å²) in [6.45, 7) is 5.26.